The number of hydrogen-bond acceptors (Lipinski definition) is 4. The van der Waals surface area contributed by atoms with E-state index in [-0.39, 0.29) is 0 Å². The maximum atomic E-state index is 4.95. The Kier molecular flexibility index (Phi) is 4.10. The van der Waals surface area contributed by atoms with Crippen molar-refractivity contribution in [1.82, 2.24) is 9.55 Å². The van der Waals surface area contributed by atoms with Crippen LogP contribution in [0.2, 0.25) is 0 Å². The molecule has 0 amide bonds. The number of nitrogens with zero attached hydrogens (tertiary/aromatic N) is 4. The number of imidazole rings is 1. The third kappa shape index (κ3) is 3.04. The second-order valence-electron chi connectivity index (χ2n) is 6.84. The first-order valence-electron chi connectivity index (χ1n) is 9.14. The van der Waals surface area contributed by atoms with Gasteiger partial charge in [0.15, 0.2) is 11.0 Å². The minimum atomic E-state index is 0.818. The largest absolute Gasteiger partial charge is 0.269 e. The molecular formula is C23H18N4S. The van der Waals surface area contributed by atoms with Gasteiger partial charge in [0, 0.05) is 0 Å². The first kappa shape index (κ1) is 17.0. The average Bonchev–Trinajstić information content (AvgIpc) is 3.22. The molecule has 5 rings (SSSR count). The molecule has 0 N–H and O–H groups in total. The molecule has 4 aromatic rings. The molecule has 0 bridgehead atoms. The smallest absolute Gasteiger partial charge is 0.181 e. The molecule has 136 valence electrons. The van der Waals surface area contributed by atoms with Crippen molar-refractivity contribution in [2.24, 2.45) is 9.98 Å². The summed E-state index contributed by atoms with van der Waals surface area (Å²) < 4.78 is 2.10. The van der Waals surface area contributed by atoms with Gasteiger partial charge in [0.25, 0.3) is 0 Å². The van der Waals surface area contributed by atoms with Crippen LogP contribution >= 0.6 is 11.8 Å². The van der Waals surface area contributed by atoms with Crippen LogP contribution in [0.25, 0.3) is 11.0 Å². The van der Waals surface area contributed by atoms with Crippen LogP contribution in [0, 0.1) is 13.8 Å². The van der Waals surface area contributed by atoms with E-state index in [1.807, 2.05) is 42.5 Å². The molecule has 4 nitrogen and oxygen atoms in total. The van der Waals surface area contributed by atoms with Gasteiger partial charge < -0.3 is 0 Å². The lowest BCUT2D eigenvalue weighted by atomic mass is 10.2. The summed E-state index contributed by atoms with van der Waals surface area (Å²) in [5.74, 6) is 0.818. The van der Waals surface area contributed by atoms with E-state index in [2.05, 4.69) is 48.7 Å². The molecule has 0 fully saturated rings. The van der Waals surface area contributed by atoms with Gasteiger partial charge in [-0.2, -0.15) is 0 Å². The molecule has 1 aliphatic heterocycles. The first-order chi connectivity index (χ1) is 13.7. The Morgan fingerprint density at radius 1 is 0.750 bits per heavy atom. The van der Waals surface area contributed by atoms with Crippen LogP contribution in [0.4, 0.5) is 11.4 Å². The molecule has 0 unspecified atom stereocenters. The summed E-state index contributed by atoms with van der Waals surface area (Å²) in [4.78, 5) is 14.6. The van der Waals surface area contributed by atoms with Gasteiger partial charge in [-0.1, -0.05) is 47.5 Å². The number of thioether (sulfide) groups is 1. The van der Waals surface area contributed by atoms with Gasteiger partial charge in [-0.25, -0.2) is 15.0 Å². The van der Waals surface area contributed by atoms with Crippen LogP contribution in [0.5, 0.6) is 0 Å². The van der Waals surface area contributed by atoms with Crippen molar-refractivity contribution < 1.29 is 0 Å². The zero-order valence-electron chi connectivity index (χ0n) is 15.6. The maximum Gasteiger partial charge on any atom is 0.181 e. The third-order valence-electron chi connectivity index (χ3n) is 4.65. The highest BCUT2D eigenvalue weighted by Gasteiger charge is 2.29. The summed E-state index contributed by atoms with van der Waals surface area (Å²) in [5, 5.41) is 1.76. The van der Waals surface area contributed by atoms with E-state index in [9.17, 15) is 0 Å². The van der Waals surface area contributed by atoms with Crippen LogP contribution in [-0.2, 0) is 0 Å². The van der Waals surface area contributed by atoms with Gasteiger partial charge >= 0.3 is 0 Å². The summed E-state index contributed by atoms with van der Waals surface area (Å²) in [5.41, 5.74) is 6.27. The number of fused-ring (bicyclic) bond motifs is 3. The van der Waals surface area contributed by atoms with Crippen molar-refractivity contribution in [2.75, 3.05) is 0 Å². The van der Waals surface area contributed by atoms with Gasteiger partial charge in [0.05, 0.1) is 22.4 Å². The third-order valence-corrected chi connectivity index (χ3v) is 5.58. The lowest BCUT2D eigenvalue weighted by Gasteiger charge is -2.05. The summed E-state index contributed by atoms with van der Waals surface area (Å²) in [7, 11) is 0. The average molecular weight is 382 g/mol. The fourth-order valence-electron chi connectivity index (χ4n) is 3.15. The Bertz CT molecular complexity index is 1230. The second-order valence-corrected chi connectivity index (χ2v) is 7.80. The molecule has 0 atom stereocenters. The normalized spacial score (nSPS) is 16.2. The Hall–Kier alpha value is -3.18. The van der Waals surface area contributed by atoms with Crippen LogP contribution in [0.1, 0.15) is 11.1 Å². The van der Waals surface area contributed by atoms with Crippen molar-refractivity contribution in [3.63, 3.8) is 0 Å². The quantitative estimate of drug-likeness (QED) is 0.422. The summed E-state index contributed by atoms with van der Waals surface area (Å²) in [6.07, 6.45) is 0. The minimum absolute atomic E-state index is 0.818. The zero-order valence-corrected chi connectivity index (χ0v) is 16.4. The number of benzene rings is 3. The number of aryl methyl sites for hydroxylation is 2. The first-order valence-corrected chi connectivity index (χ1v) is 9.96. The molecule has 28 heavy (non-hydrogen) atoms. The van der Waals surface area contributed by atoms with E-state index in [0.717, 1.165) is 38.4 Å². The molecule has 0 saturated carbocycles. The Morgan fingerprint density at radius 3 is 2.04 bits per heavy atom. The number of hydrogen-bond donors (Lipinski definition) is 0. The molecule has 0 radical (unpaired) electrons. The van der Waals surface area contributed by atoms with Gasteiger partial charge in [-0.15, -0.1) is 0 Å². The summed E-state index contributed by atoms with van der Waals surface area (Å²) >= 11 is 1.56. The Labute approximate surface area is 167 Å². The van der Waals surface area contributed by atoms with Crippen molar-refractivity contribution in [1.29, 1.82) is 0 Å². The van der Waals surface area contributed by atoms with Gasteiger partial charge in [0.2, 0.25) is 0 Å². The number of aliphatic imine (C=N–C) groups is 2. The molecule has 2 heterocycles. The van der Waals surface area contributed by atoms with E-state index in [1.54, 1.807) is 11.8 Å². The van der Waals surface area contributed by atoms with Crippen molar-refractivity contribution in [3.05, 3.63) is 83.9 Å². The lowest BCUT2D eigenvalue weighted by Crippen LogP contribution is -2.13. The van der Waals surface area contributed by atoms with Crippen molar-refractivity contribution in [2.45, 2.75) is 19.0 Å². The highest BCUT2D eigenvalue weighted by atomic mass is 32.2. The molecule has 0 saturated heterocycles. The van der Waals surface area contributed by atoms with Gasteiger partial charge in [-0.05, 0) is 62.0 Å². The zero-order chi connectivity index (χ0) is 19.1. The van der Waals surface area contributed by atoms with E-state index in [1.165, 1.54) is 11.1 Å². The predicted octanol–water partition coefficient (Wildman–Crippen LogP) is 6.07. The highest BCUT2D eigenvalue weighted by Crippen LogP contribution is 2.34. The molecule has 1 aromatic heterocycles. The Morgan fingerprint density at radius 2 is 1.36 bits per heavy atom. The van der Waals surface area contributed by atoms with E-state index in [0.29, 0.717) is 0 Å². The Balaban J connectivity index is 1.68. The molecule has 1 aliphatic rings. The topological polar surface area (TPSA) is 42.5 Å². The summed E-state index contributed by atoms with van der Waals surface area (Å²) in [6.45, 7) is 4.15. The second kappa shape index (κ2) is 6.77. The van der Waals surface area contributed by atoms with Crippen LogP contribution in [-0.4, -0.2) is 20.4 Å². The van der Waals surface area contributed by atoms with E-state index >= 15 is 0 Å². The number of aromatic nitrogens is 2. The van der Waals surface area contributed by atoms with Crippen LogP contribution in [0.3, 0.4) is 0 Å². The molecule has 0 spiro atoms. The fourth-order valence-corrected chi connectivity index (χ4v) is 4.13. The SMILES string of the molecule is Cc1ccc(N=C2Sc3nc4ccccc4n3C2=Nc2ccc(C)cc2)cc1. The monoisotopic (exact) mass is 382 g/mol. The maximum absolute atomic E-state index is 4.95. The fraction of sp³-hybridized carbons (Fsp3) is 0.0870. The standard InChI is InChI=1S/C23H18N4S/c1-15-7-11-17(12-8-15)24-21-22(25-18-13-9-16(2)10-14-18)28-23-26-19-5-3-4-6-20(19)27(21)23/h3-14H,1-2H3. The van der Waals surface area contributed by atoms with Gasteiger partial charge in [-0.3, -0.25) is 4.57 Å². The molecular weight excluding hydrogens is 364 g/mol. The van der Waals surface area contributed by atoms with Crippen molar-refractivity contribution in [3.8, 4) is 0 Å². The number of rotatable bonds is 2. The molecule has 0 aliphatic carbocycles. The minimum Gasteiger partial charge on any atom is -0.269 e. The molecule has 5 heteroatoms. The molecule has 3 aromatic carbocycles. The summed E-state index contributed by atoms with van der Waals surface area (Å²) in [6, 6.07) is 24.6. The van der Waals surface area contributed by atoms with E-state index in [4.69, 9.17) is 15.0 Å². The van der Waals surface area contributed by atoms with Crippen molar-refractivity contribution >= 4 is 45.0 Å². The predicted molar refractivity (Wildman–Crippen MR) is 118 cm³/mol. The van der Waals surface area contributed by atoms with Crippen LogP contribution < -0.4 is 0 Å². The van der Waals surface area contributed by atoms with Gasteiger partial charge in [0.1, 0.15) is 5.04 Å². The number of para-hydroxylation sites is 2. The van der Waals surface area contributed by atoms with Crippen LogP contribution in [0.15, 0.2) is 87.9 Å². The highest BCUT2D eigenvalue weighted by molar-refractivity contribution is 8.16. The van der Waals surface area contributed by atoms with E-state index < -0.39 is 0 Å². The lowest BCUT2D eigenvalue weighted by molar-refractivity contribution is 0.989.